The third kappa shape index (κ3) is 4.38. The molecule has 0 atom stereocenters. The van der Waals surface area contributed by atoms with Gasteiger partial charge in [0.05, 0.1) is 6.61 Å². The first kappa shape index (κ1) is 16.8. The zero-order valence-electron chi connectivity index (χ0n) is 11.9. The summed E-state index contributed by atoms with van der Waals surface area (Å²) in [6.07, 6.45) is 0. The molecule has 0 radical (unpaired) electrons. The van der Waals surface area contributed by atoms with E-state index in [9.17, 15) is 13.2 Å². The third-order valence-corrected chi connectivity index (χ3v) is 3.79. The number of ether oxygens (including phenoxy) is 1. The van der Waals surface area contributed by atoms with Gasteiger partial charge in [0.15, 0.2) is 0 Å². The summed E-state index contributed by atoms with van der Waals surface area (Å²) in [4.78, 5) is 11.7. The summed E-state index contributed by atoms with van der Waals surface area (Å²) in [6, 6.07) is 4.33. The van der Waals surface area contributed by atoms with Gasteiger partial charge in [-0.1, -0.05) is 20.8 Å². The van der Waals surface area contributed by atoms with Crippen LogP contribution in [0.4, 0.5) is 5.69 Å². The Labute approximate surface area is 123 Å². The second kappa shape index (κ2) is 6.01. The van der Waals surface area contributed by atoms with Gasteiger partial charge in [0.25, 0.3) is 9.05 Å². The minimum Gasteiger partial charge on any atom is -0.492 e. The van der Waals surface area contributed by atoms with Gasteiger partial charge in [-0.2, -0.15) is 0 Å². The van der Waals surface area contributed by atoms with Crippen molar-refractivity contribution in [3.05, 3.63) is 18.2 Å². The van der Waals surface area contributed by atoms with Crippen molar-refractivity contribution in [3.63, 3.8) is 0 Å². The zero-order valence-corrected chi connectivity index (χ0v) is 13.4. The summed E-state index contributed by atoms with van der Waals surface area (Å²) in [5.41, 5.74) is -0.230. The molecule has 0 aliphatic rings. The second-order valence-electron chi connectivity index (χ2n) is 5.24. The predicted octanol–water partition coefficient (Wildman–Crippen LogP) is 3.00. The van der Waals surface area contributed by atoms with Crippen LogP contribution >= 0.6 is 10.7 Å². The number of nitrogens with one attached hydrogen (secondary N) is 1. The lowest BCUT2D eigenvalue weighted by atomic mass is 9.95. The normalized spacial score (nSPS) is 12.1. The highest BCUT2D eigenvalue weighted by molar-refractivity contribution is 8.13. The van der Waals surface area contributed by atoms with E-state index in [-0.39, 0.29) is 16.6 Å². The van der Waals surface area contributed by atoms with Gasteiger partial charge in [0.1, 0.15) is 10.6 Å². The summed E-state index contributed by atoms with van der Waals surface area (Å²) in [7, 11) is 1.42. The number of anilines is 1. The molecule has 1 aromatic rings. The first-order valence-corrected chi connectivity index (χ1v) is 8.39. The van der Waals surface area contributed by atoms with Crippen LogP contribution in [0.3, 0.4) is 0 Å². The maximum Gasteiger partial charge on any atom is 0.265 e. The fraction of sp³-hybridized carbons (Fsp3) is 0.462. The highest BCUT2D eigenvalue weighted by Crippen LogP contribution is 2.30. The molecule has 1 rings (SSSR count). The van der Waals surface area contributed by atoms with E-state index in [1.807, 2.05) is 0 Å². The van der Waals surface area contributed by atoms with E-state index in [4.69, 9.17) is 15.4 Å². The van der Waals surface area contributed by atoms with Crippen LogP contribution in [-0.2, 0) is 13.8 Å². The van der Waals surface area contributed by atoms with Crippen molar-refractivity contribution in [2.75, 3.05) is 11.9 Å². The molecule has 1 aromatic carbocycles. The molecule has 7 heteroatoms. The van der Waals surface area contributed by atoms with Gasteiger partial charge in [-0.25, -0.2) is 8.42 Å². The van der Waals surface area contributed by atoms with Gasteiger partial charge in [-0.3, -0.25) is 4.79 Å². The Bertz CT molecular complexity index is 605. The first-order chi connectivity index (χ1) is 9.05. The molecule has 0 bridgehead atoms. The minimum atomic E-state index is -3.95. The van der Waals surface area contributed by atoms with Gasteiger partial charge < -0.3 is 10.1 Å². The molecule has 0 unspecified atom stereocenters. The van der Waals surface area contributed by atoms with Crippen LogP contribution in [0.25, 0.3) is 0 Å². The summed E-state index contributed by atoms with van der Waals surface area (Å²) in [6.45, 7) is 7.33. The van der Waals surface area contributed by atoms with Gasteiger partial charge in [0.2, 0.25) is 5.91 Å². The summed E-state index contributed by atoms with van der Waals surface area (Å²) in [5, 5.41) is 2.65. The predicted molar refractivity (Wildman–Crippen MR) is 78.7 cm³/mol. The monoisotopic (exact) mass is 319 g/mol. The van der Waals surface area contributed by atoms with Crippen LogP contribution in [0.5, 0.6) is 5.75 Å². The van der Waals surface area contributed by atoms with Crippen LogP contribution in [0.2, 0.25) is 0 Å². The number of hydrogen-bond donors (Lipinski definition) is 1. The van der Waals surface area contributed by atoms with Crippen molar-refractivity contribution < 1.29 is 17.9 Å². The molecule has 0 saturated heterocycles. The Morgan fingerprint density at radius 2 is 1.95 bits per heavy atom. The molecule has 0 heterocycles. The number of halogens is 1. The van der Waals surface area contributed by atoms with E-state index in [0.717, 1.165) is 0 Å². The molecule has 5 nitrogen and oxygen atoms in total. The second-order valence-corrected chi connectivity index (χ2v) is 7.77. The summed E-state index contributed by atoms with van der Waals surface area (Å²) in [5.74, 6) is -0.0594. The quantitative estimate of drug-likeness (QED) is 0.866. The van der Waals surface area contributed by atoms with Crippen molar-refractivity contribution >= 4 is 31.3 Å². The molecular weight excluding hydrogens is 302 g/mol. The molecular formula is C13H18ClNO4S. The Morgan fingerprint density at radius 3 is 2.40 bits per heavy atom. The number of carbonyl (C=O) groups is 1. The van der Waals surface area contributed by atoms with E-state index in [1.165, 1.54) is 12.1 Å². The smallest absolute Gasteiger partial charge is 0.265 e. The third-order valence-electron chi connectivity index (χ3n) is 2.45. The maximum atomic E-state index is 11.9. The molecule has 0 spiro atoms. The lowest BCUT2D eigenvalue weighted by molar-refractivity contribution is -0.123. The maximum absolute atomic E-state index is 11.9. The molecule has 0 aliphatic heterocycles. The van der Waals surface area contributed by atoms with Gasteiger partial charge in [-0.05, 0) is 25.1 Å². The standard InChI is InChI=1S/C13H18ClNO4S/c1-5-19-10-7-6-9(8-11(10)20(14,17)18)15-12(16)13(2,3)4/h6-8H,5H2,1-4H3,(H,15,16). The molecule has 20 heavy (non-hydrogen) atoms. The topological polar surface area (TPSA) is 72.5 Å². The van der Waals surface area contributed by atoms with Crippen LogP contribution in [0.1, 0.15) is 27.7 Å². The molecule has 112 valence electrons. The highest BCUT2D eigenvalue weighted by Gasteiger charge is 2.23. The van der Waals surface area contributed by atoms with Crippen LogP contribution in [-0.4, -0.2) is 20.9 Å². The van der Waals surface area contributed by atoms with Gasteiger partial charge in [-0.15, -0.1) is 0 Å². The van der Waals surface area contributed by atoms with Crippen LogP contribution < -0.4 is 10.1 Å². The molecule has 1 amide bonds. The molecule has 0 saturated carbocycles. The number of carbonyl (C=O) groups excluding carboxylic acids is 1. The van der Waals surface area contributed by atoms with Gasteiger partial charge in [0, 0.05) is 21.8 Å². The van der Waals surface area contributed by atoms with Crippen molar-refractivity contribution in [1.29, 1.82) is 0 Å². The van der Waals surface area contributed by atoms with Crippen molar-refractivity contribution in [3.8, 4) is 5.75 Å². The van der Waals surface area contributed by atoms with Gasteiger partial charge >= 0.3 is 0 Å². The SMILES string of the molecule is CCOc1ccc(NC(=O)C(C)(C)C)cc1S(=O)(=O)Cl. The Morgan fingerprint density at radius 1 is 1.35 bits per heavy atom. The van der Waals surface area contributed by atoms with Crippen LogP contribution in [0.15, 0.2) is 23.1 Å². The zero-order chi connectivity index (χ0) is 15.6. The average Bonchev–Trinajstić information content (AvgIpc) is 2.28. The number of benzene rings is 1. The lowest BCUT2D eigenvalue weighted by Gasteiger charge is -2.18. The Hall–Kier alpha value is -1.27. The molecule has 0 aromatic heterocycles. The molecule has 1 N–H and O–H groups in total. The Kier molecular flexibility index (Phi) is 5.05. The largest absolute Gasteiger partial charge is 0.492 e. The highest BCUT2D eigenvalue weighted by atomic mass is 35.7. The fourth-order valence-electron chi connectivity index (χ4n) is 1.37. The summed E-state index contributed by atoms with van der Waals surface area (Å²) >= 11 is 0. The van der Waals surface area contributed by atoms with Crippen molar-refractivity contribution in [1.82, 2.24) is 0 Å². The lowest BCUT2D eigenvalue weighted by Crippen LogP contribution is -2.27. The molecule has 0 aliphatic carbocycles. The van der Waals surface area contributed by atoms with Crippen LogP contribution in [0, 0.1) is 5.41 Å². The molecule has 0 fully saturated rings. The fourth-order valence-corrected chi connectivity index (χ4v) is 2.37. The van der Waals surface area contributed by atoms with E-state index in [1.54, 1.807) is 33.8 Å². The average molecular weight is 320 g/mol. The van der Waals surface area contributed by atoms with Crippen molar-refractivity contribution in [2.24, 2.45) is 5.41 Å². The van der Waals surface area contributed by atoms with E-state index in [2.05, 4.69) is 5.32 Å². The van der Waals surface area contributed by atoms with E-state index in [0.29, 0.717) is 12.3 Å². The van der Waals surface area contributed by atoms with Crippen molar-refractivity contribution in [2.45, 2.75) is 32.6 Å². The Balaban J connectivity index is 3.17. The summed E-state index contributed by atoms with van der Waals surface area (Å²) < 4.78 is 28.3. The van der Waals surface area contributed by atoms with E-state index >= 15 is 0 Å². The number of hydrogen-bond acceptors (Lipinski definition) is 4. The number of amides is 1. The van der Waals surface area contributed by atoms with E-state index < -0.39 is 14.5 Å². The first-order valence-electron chi connectivity index (χ1n) is 6.08. The number of rotatable bonds is 4. The minimum absolute atomic E-state index is 0.160.